The molecule has 18 heavy (non-hydrogen) atoms. The summed E-state index contributed by atoms with van der Waals surface area (Å²) in [6.45, 7) is 5.53. The summed E-state index contributed by atoms with van der Waals surface area (Å²) >= 11 is 6.22. The number of nitrogens with one attached hydrogen (secondary N) is 1. The van der Waals surface area contributed by atoms with Crippen LogP contribution in [0.5, 0.6) is 0 Å². The number of nitrogens with zero attached hydrogens (tertiary/aromatic N) is 2. The third-order valence-corrected chi connectivity index (χ3v) is 4.39. The SMILES string of the molecule is N#Cc1ccc(CN2C[C@H]3CNC[C@H]3C2)c(Cl)c1. The van der Waals surface area contributed by atoms with Gasteiger partial charge in [-0.25, -0.2) is 0 Å². The van der Waals surface area contributed by atoms with Gasteiger partial charge in [0, 0.05) is 24.7 Å². The molecule has 3 nitrogen and oxygen atoms in total. The molecule has 94 valence electrons. The van der Waals surface area contributed by atoms with Gasteiger partial charge in [0.2, 0.25) is 0 Å². The van der Waals surface area contributed by atoms with Crippen LogP contribution in [0.1, 0.15) is 11.1 Å². The lowest BCUT2D eigenvalue weighted by atomic mass is 10.0. The van der Waals surface area contributed by atoms with Gasteiger partial charge in [-0.2, -0.15) is 5.26 Å². The minimum Gasteiger partial charge on any atom is -0.316 e. The normalized spacial score (nSPS) is 27.1. The lowest BCUT2D eigenvalue weighted by Gasteiger charge is -2.17. The second-order valence-electron chi connectivity index (χ2n) is 5.29. The number of hydrogen-bond acceptors (Lipinski definition) is 3. The standard InChI is InChI=1S/C14H16ClN3/c15-14-3-10(4-16)1-2-11(14)7-18-8-12-5-17-6-13(12)9-18/h1-3,12-13,17H,5-9H2/t12-,13+. The summed E-state index contributed by atoms with van der Waals surface area (Å²) in [6.07, 6.45) is 0. The van der Waals surface area contributed by atoms with Crippen LogP contribution >= 0.6 is 11.6 Å². The van der Waals surface area contributed by atoms with E-state index in [9.17, 15) is 0 Å². The molecule has 2 saturated heterocycles. The highest BCUT2D eigenvalue weighted by atomic mass is 35.5. The average molecular weight is 262 g/mol. The molecule has 2 fully saturated rings. The summed E-state index contributed by atoms with van der Waals surface area (Å²) in [5.74, 6) is 1.62. The molecule has 2 aliphatic heterocycles. The Labute approximate surface area is 112 Å². The van der Waals surface area contributed by atoms with Gasteiger partial charge in [-0.3, -0.25) is 4.90 Å². The minimum atomic E-state index is 0.631. The predicted octanol–water partition coefficient (Wildman–Crippen LogP) is 1.86. The first-order valence-electron chi connectivity index (χ1n) is 6.38. The molecule has 1 aromatic rings. The van der Waals surface area contributed by atoms with Crippen LogP contribution in [0, 0.1) is 23.2 Å². The highest BCUT2D eigenvalue weighted by molar-refractivity contribution is 6.31. The van der Waals surface area contributed by atoms with E-state index in [1.165, 1.54) is 0 Å². The zero-order valence-corrected chi connectivity index (χ0v) is 11.0. The topological polar surface area (TPSA) is 39.1 Å². The molecular formula is C14H16ClN3. The van der Waals surface area contributed by atoms with Crippen molar-refractivity contribution in [1.29, 1.82) is 5.26 Å². The van der Waals surface area contributed by atoms with Gasteiger partial charge >= 0.3 is 0 Å². The number of nitriles is 1. The average Bonchev–Trinajstić information content (AvgIpc) is 2.92. The summed E-state index contributed by atoms with van der Waals surface area (Å²) in [5.41, 5.74) is 1.76. The van der Waals surface area contributed by atoms with E-state index < -0.39 is 0 Å². The van der Waals surface area contributed by atoms with Gasteiger partial charge in [-0.1, -0.05) is 17.7 Å². The fraction of sp³-hybridized carbons (Fsp3) is 0.500. The summed E-state index contributed by atoms with van der Waals surface area (Å²) in [6, 6.07) is 7.70. The van der Waals surface area contributed by atoms with Crippen molar-refractivity contribution in [3.63, 3.8) is 0 Å². The summed E-state index contributed by atoms with van der Waals surface area (Å²) < 4.78 is 0. The first-order valence-corrected chi connectivity index (χ1v) is 6.75. The Balaban J connectivity index is 1.69. The molecule has 0 radical (unpaired) electrons. The maximum atomic E-state index is 8.82. The zero-order valence-electron chi connectivity index (χ0n) is 10.2. The van der Waals surface area contributed by atoms with E-state index in [1.54, 1.807) is 6.07 Å². The third kappa shape index (κ3) is 2.24. The monoisotopic (exact) mass is 261 g/mol. The Kier molecular flexibility index (Phi) is 3.25. The fourth-order valence-electron chi connectivity index (χ4n) is 3.07. The second kappa shape index (κ2) is 4.89. The van der Waals surface area contributed by atoms with Crippen molar-refractivity contribution in [2.24, 2.45) is 11.8 Å². The molecule has 3 rings (SSSR count). The van der Waals surface area contributed by atoms with E-state index in [2.05, 4.69) is 16.3 Å². The molecular weight excluding hydrogens is 246 g/mol. The van der Waals surface area contributed by atoms with Crippen molar-refractivity contribution in [2.45, 2.75) is 6.54 Å². The van der Waals surface area contributed by atoms with Crippen molar-refractivity contribution in [3.05, 3.63) is 34.3 Å². The maximum absolute atomic E-state index is 8.82. The molecule has 0 bridgehead atoms. The summed E-state index contributed by atoms with van der Waals surface area (Å²) in [4.78, 5) is 2.48. The van der Waals surface area contributed by atoms with Gasteiger partial charge in [0.15, 0.2) is 0 Å². The van der Waals surface area contributed by atoms with Crippen molar-refractivity contribution < 1.29 is 0 Å². The smallest absolute Gasteiger partial charge is 0.0992 e. The van der Waals surface area contributed by atoms with Crippen LogP contribution in [0.15, 0.2) is 18.2 Å². The van der Waals surface area contributed by atoms with Gasteiger partial charge in [0.25, 0.3) is 0 Å². The van der Waals surface area contributed by atoms with Gasteiger partial charge < -0.3 is 5.32 Å². The highest BCUT2D eigenvalue weighted by Crippen LogP contribution is 2.29. The van der Waals surface area contributed by atoms with Crippen LogP contribution in [0.25, 0.3) is 0 Å². The first-order chi connectivity index (χ1) is 8.76. The maximum Gasteiger partial charge on any atom is 0.0992 e. The summed E-state index contributed by atoms with van der Waals surface area (Å²) in [7, 11) is 0. The number of hydrogen-bond donors (Lipinski definition) is 1. The van der Waals surface area contributed by atoms with E-state index in [4.69, 9.17) is 16.9 Å². The fourth-order valence-corrected chi connectivity index (χ4v) is 3.31. The Hall–Kier alpha value is -1.08. The number of likely N-dealkylation sites (tertiary alicyclic amines) is 1. The lowest BCUT2D eigenvalue weighted by Crippen LogP contribution is -2.25. The van der Waals surface area contributed by atoms with Crippen LogP contribution in [0.4, 0.5) is 0 Å². The van der Waals surface area contributed by atoms with Crippen LogP contribution in [-0.4, -0.2) is 31.1 Å². The lowest BCUT2D eigenvalue weighted by molar-refractivity contribution is 0.305. The van der Waals surface area contributed by atoms with Crippen LogP contribution in [-0.2, 0) is 6.54 Å². The van der Waals surface area contributed by atoms with Crippen molar-refractivity contribution >= 4 is 11.6 Å². The molecule has 0 saturated carbocycles. The molecule has 1 N–H and O–H groups in total. The number of halogens is 1. The number of rotatable bonds is 2. The van der Waals surface area contributed by atoms with Crippen molar-refractivity contribution in [1.82, 2.24) is 10.2 Å². The molecule has 2 atom stereocenters. The molecule has 2 aliphatic rings. The Morgan fingerprint density at radius 2 is 2.06 bits per heavy atom. The predicted molar refractivity (Wildman–Crippen MR) is 71.3 cm³/mol. The molecule has 0 aliphatic carbocycles. The van der Waals surface area contributed by atoms with Gasteiger partial charge in [0.05, 0.1) is 11.6 Å². The quantitative estimate of drug-likeness (QED) is 0.883. The van der Waals surface area contributed by atoms with E-state index in [0.717, 1.165) is 50.1 Å². The van der Waals surface area contributed by atoms with Crippen molar-refractivity contribution in [2.75, 3.05) is 26.2 Å². The molecule has 0 unspecified atom stereocenters. The van der Waals surface area contributed by atoms with Gasteiger partial charge in [-0.05, 0) is 42.6 Å². The van der Waals surface area contributed by atoms with Crippen LogP contribution in [0.2, 0.25) is 5.02 Å². The highest BCUT2D eigenvalue weighted by Gasteiger charge is 2.35. The minimum absolute atomic E-state index is 0.631. The van der Waals surface area contributed by atoms with E-state index >= 15 is 0 Å². The summed E-state index contributed by atoms with van der Waals surface area (Å²) in [5, 5.41) is 13.0. The Morgan fingerprint density at radius 1 is 1.33 bits per heavy atom. The molecule has 1 aromatic carbocycles. The second-order valence-corrected chi connectivity index (χ2v) is 5.70. The molecule has 4 heteroatoms. The Bertz CT molecular complexity index is 482. The van der Waals surface area contributed by atoms with Gasteiger partial charge in [-0.15, -0.1) is 0 Å². The molecule has 0 amide bonds. The Morgan fingerprint density at radius 3 is 2.67 bits per heavy atom. The zero-order chi connectivity index (χ0) is 12.5. The van der Waals surface area contributed by atoms with E-state index in [1.807, 2.05) is 12.1 Å². The number of benzene rings is 1. The molecule has 0 spiro atoms. The van der Waals surface area contributed by atoms with E-state index in [-0.39, 0.29) is 0 Å². The number of fused-ring (bicyclic) bond motifs is 1. The largest absolute Gasteiger partial charge is 0.316 e. The van der Waals surface area contributed by atoms with Crippen LogP contribution < -0.4 is 5.32 Å². The first kappa shape index (κ1) is 12.0. The molecule has 0 aromatic heterocycles. The third-order valence-electron chi connectivity index (χ3n) is 4.04. The van der Waals surface area contributed by atoms with Crippen LogP contribution in [0.3, 0.4) is 0 Å². The molecule has 2 heterocycles. The van der Waals surface area contributed by atoms with Crippen molar-refractivity contribution in [3.8, 4) is 6.07 Å². The van der Waals surface area contributed by atoms with Gasteiger partial charge in [0.1, 0.15) is 0 Å². The van der Waals surface area contributed by atoms with E-state index in [0.29, 0.717) is 10.6 Å².